The maximum atomic E-state index is 14.5. The van der Waals surface area contributed by atoms with E-state index in [0.717, 1.165) is 0 Å². The molecule has 10 heteroatoms. The van der Waals surface area contributed by atoms with E-state index in [-0.39, 0.29) is 30.8 Å². The fourth-order valence-corrected chi connectivity index (χ4v) is 3.61. The molecule has 0 aromatic carbocycles. The minimum atomic E-state index is -0.953. The van der Waals surface area contributed by atoms with Crippen LogP contribution in [0.15, 0.2) is 42.9 Å². The summed E-state index contributed by atoms with van der Waals surface area (Å²) in [7, 11) is 0. The fourth-order valence-electron chi connectivity index (χ4n) is 3.61. The van der Waals surface area contributed by atoms with Crippen LogP contribution >= 0.6 is 12.4 Å². The third-order valence-electron chi connectivity index (χ3n) is 5.02. The molecule has 1 fully saturated rings. The Labute approximate surface area is 171 Å². The van der Waals surface area contributed by atoms with E-state index >= 15 is 0 Å². The van der Waals surface area contributed by atoms with Crippen LogP contribution in [0.2, 0.25) is 0 Å². The predicted molar refractivity (Wildman–Crippen MR) is 106 cm³/mol. The molecule has 29 heavy (non-hydrogen) atoms. The van der Waals surface area contributed by atoms with Crippen LogP contribution < -0.4 is 9.80 Å². The monoisotopic (exact) mass is 418 g/mol. The zero-order valence-corrected chi connectivity index (χ0v) is 16.0. The highest BCUT2D eigenvalue weighted by molar-refractivity contribution is 5.96. The normalized spacial score (nSPS) is 18.1. The van der Waals surface area contributed by atoms with Crippen LogP contribution in [0.25, 0.3) is 11.3 Å². The summed E-state index contributed by atoms with van der Waals surface area (Å²) in [5, 5.41) is 4.32. The quantitative estimate of drug-likeness (QED) is 0.652. The Hall–Kier alpha value is -3.07. The molecule has 0 saturated carbocycles. The molecule has 1 atom stereocenters. The van der Waals surface area contributed by atoms with E-state index in [4.69, 9.17) is 0 Å². The topological polar surface area (TPSA) is 67.2 Å². The Morgan fingerprint density at radius 3 is 2.72 bits per heavy atom. The van der Waals surface area contributed by atoms with Crippen LogP contribution in [-0.4, -0.2) is 45.0 Å². The summed E-state index contributed by atoms with van der Waals surface area (Å²) in [6, 6.07) is 6.35. The number of halogens is 3. The van der Waals surface area contributed by atoms with Crippen molar-refractivity contribution in [3.8, 4) is 11.3 Å². The molecule has 1 amide bonds. The lowest BCUT2D eigenvalue weighted by molar-refractivity contribution is 0.248. The number of hydrogen-bond donors (Lipinski definition) is 0. The third-order valence-corrected chi connectivity index (χ3v) is 5.02. The number of pyridine rings is 2. The van der Waals surface area contributed by atoms with Gasteiger partial charge in [-0.1, -0.05) is 0 Å². The van der Waals surface area contributed by atoms with Gasteiger partial charge in [0.15, 0.2) is 11.6 Å². The summed E-state index contributed by atoms with van der Waals surface area (Å²) in [6.45, 7) is 0.958. The smallest absolute Gasteiger partial charge is 0.349 e. The zero-order valence-electron chi connectivity index (χ0n) is 15.2. The summed E-state index contributed by atoms with van der Waals surface area (Å²) in [4.78, 5) is 24.0. The van der Waals surface area contributed by atoms with Gasteiger partial charge in [-0.05, 0) is 30.7 Å². The second-order valence-electron chi connectivity index (χ2n) is 6.87. The highest BCUT2D eigenvalue weighted by atomic mass is 35.5. The van der Waals surface area contributed by atoms with E-state index in [1.54, 1.807) is 40.4 Å². The van der Waals surface area contributed by atoms with Crippen LogP contribution in [0.5, 0.6) is 0 Å². The Morgan fingerprint density at radius 1 is 1.21 bits per heavy atom. The van der Waals surface area contributed by atoms with Gasteiger partial charge in [-0.2, -0.15) is 9.78 Å². The van der Waals surface area contributed by atoms with Crippen molar-refractivity contribution in [2.24, 2.45) is 0 Å². The van der Waals surface area contributed by atoms with Gasteiger partial charge in [0.25, 0.3) is 0 Å². The highest BCUT2D eigenvalue weighted by Gasteiger charge is 2.31. The molecule has 3 aromatic rings. The summed E-state index contributed by atoms with van der Waals surface area (Å²) in [5.74, 6) is -0.377. The van der Waals surface area contributed by atoms with Crippen molar-refractivity contribution in [3.63, 3.8) is 0 Å². The first-order valence-corrected chi connectivity index (χ1v) is 8.96. The number of aromatic nitrogens is 4. The Morgan fingerprint density at radius 2 is 2.07 bits per heavy atom. The van der Waals surface area contributed by atoms with Gasteiger partial charge < -0.3 is 4.90 Å². The molecule has 3 aromatic heterocycles. The van der Waals surface area contributed by atoms with Crippen LogP contribution in [0.4, 0.5) is 25.1 Å². The van der Waals surface area contributed by atoms with Gasteiger partial charge in [-0.15, -0.1) is 12.4 Å². The maximum absolute atomic E-state index is 14.5. The lowest BCUT2D eigenvalue weighted by atomic mass is 10.2. The average molecular weight is 419 g/mol. The van der Waals surface area contributed by atoms with Crippen molar-refractivity contribution in [1.29, 1.82) is 0 Å². The summed E-state index contributed by atoms with van der Waals surface area (Å²) < 4.78 is 29.2. The third kappa shape index (κ3) is 3.31. The first-order valence-electron chi connectivity index (χ1n) is 8.96. The summed E-state index contributed by atoms with van der Waals surface area (Å²) in [6.07, 6.45) is 4.19. The molecule has 150 valence electrons. The number of carbonyl (C=O) groups excluding carboxylic acids is 1. The van der Waals surface area contributed by atoms with E-state index in [0.29, 0.717) is 42.1 Å². The van der Waals surface area contributed by atoms with Crippen LogP contribution in [0.1, 0.15) is 12.1 Å². The molecule has 0 N–H and O–H groups in total. The van der Waals surface area contributed by atoms with E-state index in [9.17, 15) is 13.6 Å². The van der Waals surface area contributed by atoms with Gasteiger partial charge in [0, 0.05) is 24.5 Å². The number of amides is 1. The van der Waals surface area contributed by atoms with E-state index in [1.807, 2.05) is 0 Å². The van der Waals surface area contributed by atoms with Crippen molar-refractivity contribution in [2.75, 3.05) is 22.9 Å². The summed E-state index contributed by atoms with van der Waals surface area (Å²) in [5.41, 5.74) is 2.33. The second-order valence-corrected chi connectivity index (χ2v) is 6.87. The SMILES string of the molecule is Cl.O=C1N(c2cccnc2)Cc2cc(-c3cnc(N4CC[C@@H](F)C4)c(F)c3)nn21. The number of alkyl halides is 1. The minimum absolute atomic E-state index is 0. The molecular weight excluding hydrogens is 402 g/mol. The van der Waals surface area contributed by atoms with Gasteiger partial charge in [0.1, 0.15) is 6.17 Å². The van der Waals surface area contributed by atoms with Crippen molar-refractivity contribution in [2.45, 2.75) is 19.1 Å². The predicted octanol–water partition coefficient (Wildman–Crippen LogP) is 3.44. The zero-order chi connectivity index (χ0) is 19.3. The average Bonchev–Trinajstić information content (AvgIpc) is 3.39. The van der Waals surface area contributed by atoms with Crippen LogP contribution in [0, 0.1) is 5.82 Å². The molecule has 5 heterocycles. The van der Waals surface area contributed by atoms with Gasteiger partial charge in [0.2, 0.25) is 0 Å². The molecule has 0 aliphatic carbocycles. The number of fused-ring (bicyclic) bond motifs is 1. The molecule has 0 radical (unpaired) electrons. The Balaban J connectivity index is 0.00000205. The summed E-state index contributed by atoms with van der Waals surface area (Å²) >= 11 is 0. The molecule has 2 aliphatic heterocycles. The van der Waals surface area contributed by atoms with Crippen molar-refractivity contribution >= 4 is 29.9 Å². The first kappa shape index (κ1) is 19.3. The lowest BCUT2D eigenvalue weighted by Crippen LogP contribution is -2.26. The van der Waals surface area contributed by atoms with Crippen molar-refractivity contribution in [1.82, 2.24) is 19.7 Å². The molecule has 0 unspecified atom stereocenters. The van der Waals surface area contributed by atoms with E-state index in [2.05, 4.69) is 15.1 Å². The second kappa shape index (κ2) is 7.40. The van der Waals surface area contributed by atoms with E-state index < -0.39 is 12.0 Å². The fraction of sp³-hybridized carbons (Fsp3) is 0.263. The highest BCUT2D eigenvalue weighted by Crippen LogP contribution is 2.30. The maximum Gasteiger partial charge on any atom is 0.349 e. The van der Waals surface area contributed by atoms with E-state index in [1.165, 1.54) is 16.9 Å². The molecule has 1 saturated heterocycles. The van der Waals surface area contributed by atoms with Crippen LogP contribution in [-0.2, 0) is 6.54 Å². The lowest BCUT2D eigenvalue weighted by Gasteiger charge is -2.17. The van der Waals surface area contributed by atoms with Gasteiger partial charge in [-0.25, -0.2) is 18.6 Å². The van der Waals surface area contributed by atoms with Crippen molar-refractivity contribution in [3.05, 3.63) is 54.4 Å². The number of rotatable bonds is 3. The molecule has 5 rings (SSSR count). The first-order chi connectivity index (χ1) is 13.6. The molecule has 2 aliphatic rings. The number of carbonyl (C=O) groups is 1. The van der Waals surface area contributed by atoms with Gasteiger partial charge in [-0.3, -0.25) is 9.88 Å². The molecule has 0 spiro atoms. The van der Waals surface area contributed by atoms with Gasteiger partial charge >= 0.3 is 6.03 Å². The van der Waals surface area contributed by atoms with Crippen molar-refractivity contribution < 1.29 is 13.6 Å². The Bertz CT molecular complexity index is 1060. The minimum Gasteiger partial charge on any atom is -0.351 e. The molecule has 0 bridgehead atoms. The molecule has 7 nitrogen and oxygen atoms in total. The number of nitrogens with zero attached hydrogens (tertiary/aromatic N) is 6. The largest absolute Gasteiger partial charge is 0.351 e. The number of anilines is 2. The van der Waals surface area contributed by atoms with Crippen LogP contribution in [0.3, 0.4) is 0 Å². The Kier molecular flexibility index (Phi) is 4.91. The van der Waals surface area contributed by atoms with Gasteiger partial charge in [0.05, 0.1) is 36.4 Å². The standard InChI is InChI=1S/C19H16F2N6O.ClH/c20-13-3-5-25(10-13)18-16(21)6-12(8-23-18)17-7-15-11-26(19(28)27(15)24-17)14-2-1-4-22-9-14;/h1-2,4,6-9,13H,3,5,10-11H2;1H/t13-;/m1./s1. The molecular formula is C19H17ClF2N6O. The number of hydrogen-bond acceptors (Lipinski definition) is 5.